The van der Waals surface area contributed by atoms with Crippen LogP contribution < -0.4 is 4.31 Å². The minimum absolute atomic E-state index is 0.179. The number of halogens is 3. The van der Waals surface area contributed by atoms with Crippen LogP contribution >= 0.6 is 11.6 Å². The maximum Gasteiger partial charge on any atom is 0.345 e. The van der Waals surface area contributed by atoms with E-state index in [9.17, 15) is 22.0 Å². The summed E-state index contributed by atoms with van der Waals surface area (Å²) in [6.45, 7) is -0.159. The van der Waals surface area contributed by atoms with Crippen LogP contribution in [0.4, 0.5) is 14.5 Å². The van der Waals surface area contributed by atoms with E-state index >= 15 is 0 Å². The summed E-state index contributed by atoms with van der Waals surface area (Å²) in [5.74, 6) is -1.75. The van der Waals surface area contributed by atoms with Gasteiger partial charge in [0.1, 0.15) is 18.2 Å². The lowest BCUT2D eigenvalue weighted by Gasteiger charge is -2.27. The molecule has 0 N–H and O–H groups in total. The van der Waals surface area contributed by atoms with Crippen molar-refractivity contribution < 1.29 is 26.8 Å². The van der Waals surface area contributed by atoms with E-state index in [1.54, 1.807) is 12.1 Å². The van der Waals surface area contributed by atoms with Gasteiger partial charge in [-0.2, -0.15) is 0 Å². The monoisotopic (exact) mass is 506 g/mol. The van der Waals surface area contributed by atoms with Crippen molar-refractivity contribution in [3.8, 4) is 0 Å². The Bertz CT molecular complexity index is 1250. The quantitative estimate of drug-likeness (QED) is 0.445. The van der Waals surface area contributed by atoms with Gasteiger partial charge in [-0.3, -0.25) is 4.31 Å². The van der Waals surface area contributed by atoms with Crippen LogP contribution in [0.25, 0.3) is 0 Å². The molecule has 1 fully saturated rings. The summed E-state index contributed by atoms with van der Waals surface area (Å²) in [5.41, 5.74) is 0.988. The molecule has 1 aliphatic rings. The molecule has 3 aromatic carbocycles. The van der Waals surface area contributed by atoms with E-state index in [2.05, 4.69) is 0 Å². The first-order chi connectivity index (χ1) is 16.2. The summed E-state index contributed by atoms with van der Waals surface area (Å²) < 4.78 is 54.2. The minimum Gasteiger partial charge on any atom is -0.366 e. The summed E-state index contributed by atoms with van der Waals surface area (Å²) in [6.07, 6.45) is 1.46. The highest BCUT2D eigenvalue weighted by Crippen LogP contribution is 2.32. The molecule has 1 heterocycles. The van der Waals surface area contributed by atoms with Crippen LogP contribution in [0.1, 0.15) is 24.4 Å². The Labute approximate surface area is 201 Å². The van der Waals surface area contributed by atoms with Gasteiger partial charge in [-0.1, -0.05) is 23.7 Å². The molecule has 1 unspecified atom stereocenters. The Hall–Kier alpha value is -3.01. The van der Waals surface area contributed by atoms with E-state index in [-0.39, 0.29) is 22.4 Å². The van der Waals surface area contributed by atoms with Crippen LogP contribution in [0.15, 0.2) is 77.7 Å². The summed E-state index contributed by atoms with van der Waals surface area (Å²) >= 11 is 5.94. The molecule has 0 saturated carbocycles. The molecule has 0 amide bonds. The predicted molar refractivity (Wildman–Crippen MR) is 124 cm³/mol. The molecular formula is C24H21ClF2N2O4S. The fraction of sp³-hybridized carbons (Fsp3) is 0.208. The molecule has 0 spiro atoms. The molecule has 0 aliphatic carbocycles. The fourth-order valence-electron chi connectivity index (χ4n) is 3.80. The largest absolute Gasteiger partial charge is 0.366 e. The molecule has 0 radical (unpaired) electrons. The van der Waals surface area contributed by atoms with E-state index in [0.717, 1.165) is 40.6 Å². The number of hydrogen-bond donors (Lipinski definition) is 0. The van der Waals surface area contributed by atoms with Crippen molar-refractivity contribution >= 4 is 33.3 Å². The van der Waals surface area contributed by atoms with Crippen LogP contribution in [-0.4, -0.2) is 32.5 Å². The molecule has 1 atom stereocenters. The van der Waals surface area contributed by atoms with Crippen molar-refractivity contribution in [2.24, 2.45) is 0 Å². The first-order valence-electron chi connectivity index (χ1n) is 10.5. The van der Waals surface area contributed by atoms with Gasteiger partial charge >= 0.3 is 5.97 Å². The molecule has 0 bridgehead atoms. The van der Waals surface area contributed by atoms with Crippen molar-refractivity contribution in [1.82, 2.24) is 5.06 Å². The van der Waals surface area contributed by atoms with E-state index in [1.165, 1.54) is 41.5 Å². The van der Waals surface area contributed by atoms with E-state index in [0.29, 0.717) is 18.0 Å². The third kappa shape index (κ3) is 5.38. The van der Waals surface area contributed by atoms with Gasteiger partial charge in [0, 0.05) is 11.6 Å². The second-order valence-electron chi connectivity index (χ2n) is 7.76. The SMILES string of the molecule is O=C(CN(c1ccc(Cl)cc1)S(=O)(=O)c1ccc(F)cc1)ON1CCCC1c1ccc(F)cc1. The van der Waals surface area contributed by atoms with Crippen LogP contribution in [0.5, 0.6) is 0 Å². The van der Waals surface area contributed by atoms with Gasteiger partial charge in [0.2, 0.25) is 0 Å². The van der Waals surface area contributed by atoms with Crippen LogP contribution in [0.3, 0.4) is 0 Å². The van der Waals surface area contributed by atoms with E-state index < -0.39 is 28.4 Å². The number of nitrogens with zero attached hydrogens (tertiary/aromatic N) is 2. The molecule has 1 saturated heterocycles. The highest BCUT2D eigenvalue weighted by atomic mass is 35.5. The van der Waals surface area contributed by atoms with Gasteiger partial charge in [-0.25, -0.2) is 22.0 Å². The topological polar surface area (TPSA) is 66.9 Å². The second kappa shape index (κ2) is 10.1. The average molecular weight is 507 g/mol. The van der Waals surface area contributed by atoms with Crippen molar-refractivity contribution in [1.29, 1.82) is 0 Å². The first-order valence-corrected chi connectivity index (χ1v) is 12.3. The normalized spacial score (nSPS) is 16.4. The number of hydroxylamine groups is 2. The molecule has 4 rings (SSSR count). The Morgan fingerprint density at radius 2 is 1.56 bits per heavy atom. The number of sulfonamides is 1. The lowest BCUT2D eigenvalue weighted by molar-refractivity contribution is -0.193. The van der Waals surface area contributed by atoms with Gasteiger partial charge in [0.15, 0.2) is 0 Å². The number of benzene rings is 3. The Kier molecular flexibility index (Phi) is 7.16. The fourth-order valence-corrected chi connectivity index (χ4v) is 5.34. The lowest BCUT2D eigenvalue weighted by atomic mass is 10.1. The molecule has 0 aromatic heterocycles. The predicted octanol–water partition coefficient (Wildman–Crippen LogP) is 5.11. The highest BCUT2D eigenvalue weighted by molar-refractivity contribution is 7.92. The van der Waals surface area contributed by atoms with Crippen LogP contribution in [-0.2, 0) is 19.7 Å². The number of rotatable bonds is 7. The summed E-state index contributed by atoms with van der Waals surface area (Å²) in [4.78, 5) is 18.3. The third-order valence-electron chi connectivity index (χ3n) is 5.47. The lowest BCUT2D eigenvalue weighted by Crippen LogP contribution is -2.39. The minimum atomic E-state index is -4.22. The molecule has 178 valence electrons. The van der Waals surface area contributed by atoms with E-state index in [4.69, 9.17) is 16.4 Å². The van der Waals surface area contributed by atoms with Crippen LogP contribution in [0.2, 0.25) is 5.02 Å². The zero-order valence-electron chi connectivity index (χ0n) is 17.9. The van der Waals surface area contributed by atoms with Crippen LogP contribution in [0, 0.1) is 11.6 Å². The number of carbonyl (C=O) groups is 1. The standard InChI is InChI=1S/C24H21ClF2N2O4S/c25-18-5-11-21(12-6-18)29(34(31,32)22-13-9-20(27)10-14-22)16-24(30)33-28-15-1-2-23(28)17-3-7-19(26)8-4-17/h3-14,23H,1-2,15-16H2. The average Bonchev–Trinajstić information content (AvgIpc) is 3.27. The van der Waals surface area contributed by atoms with Gasteiger partial charge < -0.3 is 4.84 Å². The van der Waals surface area contributed by atoms with Gasteiger partial charge in [0.05, 0.1) is 16.6 Å². The summed E-state index contributed by atoms with van der Waals surface area (Å²) in [5, 5.41) is 1.88. The van der Waals surface area contributed by atoms with Crippen molar-refractivity contribution in [3.63, 3.8) is 0 Å². The maximum atomic E-state index is 13.4. The molecule has 1 aliphatic heterocycles. The molecule has 3 aromatic rings. The Morgan fingerprint density at radius 3 is 2.18 bits per heavy atom. The van der Waals surface area contributed by atoms with Gasteiger partial charge in [0.25, 0.3) is 10.0 Å². The van der Waals surface area contributed by atoms with Crippen molar-refractivity contribution in [2.75, 3.05) is 17.4 Å². The summed E-state index contributed by atoms with van der Waals surface area (Å²) in [7, 11) is -4.22. The third-order valence-corrected chi connectivity index (χ3v) is 7.51. The maximum absolute atomic E-state index is 13.4. The van der Waals surface area contributed by atoms with E-state index in [1.807, 2.05) is 0 Å². The molecule has 6 nitrogen and oxygen atoms in total. The van der Waals surface area contributed by atoms with Gasteiger partial charge in [-0.05, 0) is 79.1 Å². The Balaban J connectivity index is 1.57. The van der Waals surface area contributed by atoms with Crippen molar-refractivity contribution in [3.05, 3.63) is 95.0 Å². The molecule has 34 heavy (non-hydrogen) atoms. The molecular weight excluding hydrogens is 486 g/mol. The zero-order valence-corrected chi connectivity index (χ0v) is 19.5. The van der Waals surface area contributed by atoms with Gasteiger partial charge in [-0.15, -0.1) is 5.06 Å². The number of carbonyl (C=O) groups excluding carboxylic acids is 1. The Morgan fingerprint density at radius 1 is 0.971 bits per heavy atom. The number of hydrogen-bond acceptors (Lipinski definition) is 5. The first kappa shape index (κ1) is 24.1. The second-order valence-corrected chi connectivity index (χ2v) is 10.1. The summed E-state index contributed by atoms with van der Waals surface area (Å²) in [6, 6.07) is 15.9. The zero-order chi connectivity index (χ0) is 24.3. The smallest absolute Gasteiger partial charge is 0.345 e. The molecule has 10 heteroatoms. The number of anilines is 1. The van der Waals surface area contributed by atoms with Crippen molar-refractivity contribution in [2.45, 2.75) is 23.8 Å². The highest BCUT2D eigenvalue weighted by Gasteiger charge is 2.32.